The molecule has 0 aliphatic rings. The Morgan fingerprint density at radius 3 is 2.25 bits per heavy atom. The molecule has 0 aliphatic carbocycles. The summed E-state index contributed by atoms with van der Waals surface area (Å²) in [6.07, 6.45) is 0. The van der Waals surface area contributed by atoms with Gasteiger partial charge in [0.25, 0.3) is 15.9 Å². The molecule has 144 valence electrons. The fourth-order valence-corrected chi connectivity index (χ4v) is 3.90. The molecule has 5 nitrogen and oxygen atoms in total. The van der Waals surface area contributed by atoms with Crippen molar-refractivity contribution in [3.63, 3.8) is 0 Å². The molecule has 0 fully saturated rings. The number of amides is 1. The zero-order valence-corrected chi connectivity index (χ0v) is 17.0. The van der Waals surface area contributed by atoms with Crippen molar-refractivity contribution in [3.8, 4) is 0 Å². The maximum Gasteiger partial charge on any atom is 0.264 e. The SMILES string of the molecule is Cc1ccc(NC(=O)c2cccc(N(C)S(=O)(=O)c3ccc(Cl)cc3)c2)cc1. The van der Waals surface area contributed by atoms with E-state index in [1.807, 2.05) is 31.2 Å². The average molecular weight is 415 g/mol. The van der Waals surface area contributed by atoms with E-state index in [-0.39, 0.29) is 10.8 Å². The van der Waals surface area contributed by atoms with Crippen LogP contribution in [0.5, 0.6) is 0 Å². The molecule has 28 heavy (non-hydrogen) atoms. The Hall–Kier alpha value is -2.83. The van der Waals surface area contributed by atoms with Crippen LogP contribution in [-0.4, -0.2) is 21.4 Å². The van der Waals surface area contributed by atoms with Crippen molar-refractivity contribution in [1.82, 2.24) is 0 Å². The largest absolute Gasteiger partial charge is 0.322 e. The lowest BCUT2D eigenvalue weighted by molar-refractivity contribution is 0.102. The van der Waals surface area contributed by atoms with E-state index in [1.54, 1.807) is 18.2 Å². The average Bonchev–Trinajstić information content (AvgIpc) is 2.69. The van der Waals surface area contributed by atoms with E-state index in [2.05, 4.69) is 5.32 Å². The van der Waals surface area contributed by atoms with Crippen molar-refractivity contribution < 1.29 is 13.2 Å². The lowest BCUT2D eigenvalue weighted by atomic mass is 10.1. The van der Waals surface area contributed by atoms with Crippen LogP contribution >= 0.6 is 11.6 Å². The number of anilines is 2. The normalized spacial score (nSPS) is 11.1. The van der Waals surface area contributed by atoms with Crippen LogP contribution in [0.25, 0.3) is 0 Å². The van der Waals surface area contributed by atoms with Crippen molar-refractivity contribution in [3.05, 3.63) is 88.9 Å². The highest BCUT2D eigenvalue weighted by molar-refractivity contribution is 7.92. The van der Waals surface area contributed by atoms with Gasteiger partial charge in [-0.2, -0.15) is 0 Å². The number of aryl methyl sites for hydroxylation is 1. The number of hydrogen-bond donors (Lipinski definition) is 1. The van der Waals surface area contributed by atoms with Gasteiger partial charge in [0.05, 0.1) is 10.6 Å². The fourth-order valence-electron chi connectivity index (χ4n) is 2.59. The molecular formula is C21H19ClN2O3S. The van der Waals surface area contributed by atoms with Gasteiger partial charge in [0, 0.05) is 23.3 Å². The molecule has 0 unspecified atom stereocenters. The summed E-state index contributed by atoms with van der Waals surface area (Å²) in [4.78, 5) is 12.7. The summed E-state index contributed by atoms with van der Waals surface area (Å²) < 4.78 is 26.8. The maximum absolute atomic E-state index is 12.8. The first-order valence-corrected chi connectivity index (χ1v) is 10.3. The fraction of sp³-hybridized carbons (Fsp3) is 0.0952. The van der Waals surface area contributed by atoms with Crippen molar-refractivity contribution in [2.45, 2.75) is 11.8 Å². The predicted octanol–water partition coefficient (Wildman–Crippen LogP) is 4.73. The molecule has 3 aromatic carbocycles. The van der Waals surface area contributed by atoms with Gasteiger partial charge in [0.15, 0.2) is 0 Å². The van der Waals surface area contributed by atoms with Crippen LogP contribution in [0.15, 0.2) is 77.7 Å². The highest BCUT2D eigenvalue weighted by atomic mass is 35.5. The Balaban J connectivity index is 1.84. The molecule has 0 saturated carbocycles. The Labute approximate surface area is 169 Å². The van der Waals surface area contributed by atoms with Crippen LogP contribution in [-0.2, 0) is 10.0 Å². The standard InChI is InChI=1S/C21H19ClN2O3S/c1-15-6-10-18(11-7-15)23-21(25)16-4-3-5-19(14-16)24(2)28(26,27)20-12-8-17(22)9-13-20/h3-14H,1-2H3,(H,23,25). The van der Waals surface area contributed by atoms with Crippen molar-refractivity contribution >= 4 is 38.9 Å². The molecule has 3 aromatic rings. The van der Waals surface area contributed by atoms with E-state index in [0.29, 0.717) is 22.0 Å². The van der Waals surface area contributed by atoms with Gasteiger partial charge in [-0.15, -0.1) is 0 Å². The third-order valence-electron chi connectivity index (χ3n) is 4.25. The van der Waals surface area contributed by atoms with Crippen LogP contribution in [0, 0.1) is 6.92 Å². The number of hydrogen-bond acceptors (Lipinski definition) is 3. The van der Waals surface area contributed by atoms with Gasteiger partial charge in [0.2, 0.25) is 0 Å². The summed E-state index contributed by atoms with van der Waals surface area (Å²) in [5, 5.41) is 3.26. The molecule has 1 amide bonds. The second kappa shape index (κ2) is 8.04. The summed E-state index contributed by atoms with van der Waals surface area (Å²) in [6.45, 7) is 1.96. The summed E-state index contributed by atoms with van der Waals surface area (Å²) in [6, 6.07) is 19.8. The minimum Gasteiger partial charge on any atom is -0.322 e. The Bertz CT molecular complexity index is 1100. The molecule has 0 aromatic heterocycles. The molecule has 3 rings (SSSR count). The van der Waals surface area contributed by atoms with Gasteiger partial charge < -0.3 is 5.32 Å². The number of sulfonamides is 1. The number of carbonyl (C=O) groups excluding carboxylic acids is 1. The van der Waals surface area contributed by atoms with Gasteiger partial charge in [-0.1, -0.05) is 35.4 Å². The molecule has 1 N–H and O–H groups in total. The van der Waals surface area contributed by atoms with Crippen molar-refractivity contribution in [1.29, 1.82) is 0 Å². The van der Waals surface area contributed by atoms with E-state index < -0.39 is 10.0 Å². The Morgan fingerprint density at radius 2 is 1.61 bits per heavy atom. The highest BCUT2D eigenvalue weighted by Gasteiger charge is 2.22. The first-order valence-electron chi connectivity index (χ1n) is 8.50. The number of benzene rings is 3. The number of carbonyl (C=O) groups is 1. The lowest BCUT2D eigenvalue weighted by Crippen LogP contribution is -2.26. The van der Waals surface area contributed by atoms with E-state index in [4.69, 9.17) is 11.6 Å². The van der Waals surface area contributed by atoms with E-state index >= 15 is 0 Å². The van der Waals surface area contributed by atoms with E-state index in [0.717, 1.165) is 9.87 Å². The summed E-state index contributed by atoms with van der Waals surface area (Å²) in [7, 11) is -2.33. The monoisotopic (exact) mass is 414 g/mol. The van der Waals surface area contributed by atoms with Crippen LogP contribution in [0.2, 0.25) is 5.02 Å². The van der Waals surface area contributed by atoms with Gasteiger partial charge in [-0.05, 0) is 61.5 Å². The number of rotatable bonds is 5. The molecule has 0 aliphatic heterocycles. The zero-order valence-electron chi connectivity index (χ0n) is 15.4. The molecular weight excluding hydrogens is 396 g/mol. The molecule has 7 heteroatoms. The minimum absolute atomic E-state index is 0.119. The van der Waals surface area contributed by atoms with Crippen LogP contribution in [0.4, 0.5) is 11.4 Å². The third kappa shape index (κ3) is 4.35. The van der Waals surface area contributed by atoms with Gasteiger partial charge >= 0.3 is 0 Å². The van der Waals surface area contributed by atoms with Crippen molar-refractivity contribution in [2.24, 2.45) is 0 Å². The Kier molecular flexibility index (Phi) is 5.72. The molecule has 0 radical (unpaired) electrons. The topological polar surface area (TPSA) is 66.5 Å². The first-order chi connectivity index (χ1) is 13.3. The van der Waals surface area contributed by atoms with Crippen LogP contribution < -0.4 is 9.62 Å². The second-order valence-corrected chi connectivity index (χ2v) is 8.70. The number of nitrogens with zero attached hydrogens (tertiary/aromatic N) is 1. The molecule has 0 atom stereocenters. The molecule has 0 spiro atoms. The maximum atomic E-state index is 12.8. The van der Waals surface area contributed by atoms with E-state index in [9.17, 15) is 13.2 Å². The Morgan fingerprint density at radius 1 is 0.964 bits per heavy atom. The summed E-state index contributed by atoms with van der Waals surface area (Å²) in [5.41, 5.74) is 2.50. The molecule has 0 saturated heterocycles. The van der Waals surface area contributed by atoms with Crippen LogP contribution in [0.3, 0.4) is 0 Å². The summed E-state index contributed by atoms with van der Waals surface area (Å²) >= 11 is 5.84. The summed E-state index contributed by atoms with van der Waals surface area (Å²) in [5.74, 6) is -0.317. The van der Waals surface area contributed by atoms with E-state index in [1.165, 1.54) is 37.4 Å². The first kappa shape index (κ1) is 19.9. The highest BCUT2D eigenvalue weighted by Crippen LogP contribution is 2.24. The second-order valence-electron chi connectivity index (χ2n) is 6.30. The minimum atomic E-state index is -3.77. The third-order valence-corrected chi connectivity index (χ3v) is 6.31. The smallest absolute Gasteiger partial charge is 0.264 e. The quantitative estimate of drug-likeness (QED) is 0.656. The van der Waals surface area contributed by atoms with Gasteiger partial charge in [-0.3, -0.25) is 9.10 Å². The lowest BCUT2D eigenvalue weighted by Gasteiger charge is -2.20. The van der Waals surface area contributed by atoms with Gasteiger partial charge in [-0.25, -0.2) is 8.42 Å². The van der Waals surface area contributed by atoms with Crippen molar-refractivity contribution in [2.75, 3.05) is 16.7 Å². The number of halogens is 1. The molecule has 0 heterocycles. The zero-order chi connectivity index (χ0) is 20.3. The predicted molar refractivity (Wildman–Crippen MR) is 113 cm³/mol. The number of nitrogens with one attached hydrogen (secondary N) is 1. The van der Waals surface area contributed by atoms with Gasteiger partial charge in [0.1, 0.15) is 0 Å². The molecule has 0 bridgehead atoms. The van der Waals surface area contributed by atoms with Crippen LogP contribution in [0.1, 0.15) is 15.9 Å².